The molecule has 0 aliphatic heterocycles. The maximum atomic E-state index is 12.8. The van der Waals surface area contributed by atoms with Gasteiger partial charge < -0.3 is 5.11 Å². The highest BCUT2D eigenvalue weighted by Crippen LogP contribution is 2.30. The number of aryl methyl sites for hydroxylation is 1. The van der Waals surface area contributed by atoms with Gasteiger partial charge in [0.15, 0.2) is 0 Å². The molecule has 2 aromatic rings. The number of sulfonamides is 1. The highest BCUT2D eigenvalue weighted by Gasteiger charge is 2.25. The molecule has 0 bridgehead atoms. The molecule has 0 atom stereocenters. The molecule has 2 rings (SSSR count). The van der Waals surface area contributed by atoms with E-state index >= 15 is 0 Å². The summed E-state index contributed by atoms with van der Waals surface area (Å²) in [6.45, 7) is 1.66. The lowest BCUT2D eigenvalue weighted by molar-refractivity contribution is 0.281. The molecule has 0 amide bonds. The molecule has 4 nitrogen and oxygen atoms in total. The van der Waals surface area contributed by atoms with Gasteiger partial charge in [-0.15, -0.1) is 0 Å². The third kappa shape index (κ3) is 3.12. The minimum absolute atomic E-state index is 0.139. The Labute approximate surface area is 133 Å². The van der Waals surface area contributed by atoms with Crippen LogP contribution < -0.4 is 4.31 Å². The summed E-state index contributed by atoms with van der Waals surface area (Å²) >= 11 is 3.27. The van der Waals surface area contributed by atoms with Crippen molar-refractivity contribution in [3.8, 4) is 0 Å². The summed E-state index contributed by atoms with van der Waals surface area (Å²) < 4.78 is 27.3. The van der Waals surface area contributed by atoms with E-state index in [0.29, 0.717) is 15.7 Å². The molecule has 0 saturated heterocycles. The van der Waals surface area contributed by atoms with Crippen molar-refractivity contribution in [1.29, 1.82) is 0 Å². The molecule has 0 aliphatic rings. The van der Waals surface area contributed by atoms with Gasteiger partial charge in [-0.25, -0.2) is 8.42 Å². The van der Waals surface area contributed by atoms with Gasteiger partial charge in [0.05, 0.1) is 12.3 Å². The summed E-state index contributed by atoms with van der Waals surface area (Å²) in [6.07, 6.45) is 0. The van der Waals surface area contributed by atoms with Crippen molar-refractivity contribution in [1.82, 2.24) is 0 Å². The van der Waals surface area contributed by atoms with E-state index in [9.17, 15) is 13.5 Å². The number of rotatable bonds is 4. The second-order valence-corrected chi connectivity index (χ2v) is 7.47. The van der Waals surface area contributed by atoms with Crippen molar-refractivity contribution in [2.45, 2.75) is 18.4 Å². The van der Waals surface area contributed by atoms with Gasteiger partial charge in [-0.05, 0) is 52.2 Å². The third-order valence-corrected chi connectivity index (χ3v) is 6.04. The summed E-state index contributed by atoms with van der Waals surface area (Å²) in [5.41, 5.74) is 2.05. The van der Waals surface area contributed by atoms with Gasteiger partial charge in [0, 0.05) is 11.5 Å². The molecule has 0 aromatic heterocycles. The van der Waals surface area contributed by atoms with Crippen molar-refractivity contribution in [2.24, 2.45) is 0 Å². The van der Waals surface area contributed by atoms with Gasteiger partial charge >= 0.3 is 0 Å². The SMILES string of the molecule is Cc1ccccc1N(C)S(=O)(=O)c1cc(CO)ccc1Br. The molecular formula is C15H16BrNO3S. The van der Waals surface area contributed by atoms with Crippen molar-refractivity contribution < 1.29 is 13.5 Å². The largest absolute Gasteiger partial charge is 0.392 e. The minimum atomic E-state index is -3.70. The van der Waals surface area contributed by atoms with E-state index in [-0.39, 0.29) is 11.5 Å². The fourth-order valence-electron chi connectivity index (χ4n) is 2.04. The fourth-order valence-corrected chi connectivity index (χ4v) is 4.27. The molecule has 21 heavy (non-hydrogen) atoms. The Bertz CT molecular complexity index is 759. The van der Waals surface area contributed by atoms with Crippen LogP contribution in [-0.4, -0.2) is 20.6 Å². The maximum Gasteiger partial charge on any atom is 0.265 e. The second kappa shape index (κ2) is 6.17. The molecule has 6 heteroatoms. The molecule has 2 aromatic carbocycles. The first-order valence-corrected chi connectivity index (χ1v) is 8.55. The summed E-state index contributed by atoms with van der Waals surface area (Å²) in [6, 6.07) is 12.1. The summed E-state index contributed by atoms with van der Waals surface area (Å²) in [5, 5.41) is 9.19. The Morgan fingerprint density at radius 3 is 2.48 bits per heavy atom. The first-order chi connectivity index (χ1) is 9.87. The summed E-state index contributed by atoms with van der Waals surface area (Å²) in [4.78, 5) is 0.139. The number of anilines is 1. The predicted molar refractivity (Wildman–Crippen MR) is 86.8 cm³/mol. The number of nitrogens with zero attached hydrogens (tertiary/aromatic N) is 1. The van der Waals surface area contributed by atoms with Gasteiger partial charge in [0.1, 0.15) is 4.90 Å². The van der Waals surface area contributed by atoms with E-state index in [1.807, 2.05) is 19.1 Å². The van der Waals surface area contributed by atoms with Crippen LogP contribution in [0.15, 0.2) is 51.8 Å². The molecule has 0 heterocycles. The average molecular weight is 370 g/mol. The highest BCUT2D eigenvalue weighted by atomic mass is 79.9. The van der Waals surface area contributed by atoms with Crippen molar-refractivity contribution in [3.63, 3.8) is 0 Å². The number of benzene rings is 2. The Morgan fingerprint density at radius 1 is 1.19 bits per heavy atom. The lowest BCUT2D eigenvalue weighted by Gasteiger charge is -2.22. The normalized spacial score (nSPS) is 11.4. The fraction of sp³-hybridized carbons (Fsp3) is 0.200. The summed E-state index contributed by atoms with van der Waals surface area (Å²) in [5.74, 6) is 0. The quantitative estimate of drug-likeness (QED) is 0.900. The molecule has 0 aliphatic carbocycles. The zero-order valence-corrected chi connectivity index (χ0v) is 14.1. The molecule has 112 valence electrons. The first kappa shape index (κ1) is 16.0. The Kier molecular flexibility index (Phi) is 4.70. The maximum absolute atomic E-state index is 12.8. The van der Waals surface area contributed by atoms with Crippen LogP contribution in [0, 0.1) is 6.92 Å². The number of aliphatic hydroxyl groups excluding tert-OH is 1. The number of aliphatic hydroxyl groups is 1. The standard InChI is InChI=1S/C15H16BrNO3S/c1-11-5-3-4-6-14(11)17(2)21(19,20)15-9-12(10-18)7-8-13(15)16/h3-9,18H,10H2,1-2H3. The zero-order chi connectivity index (χ0) is 15.6. The van der Waals surface area contributed by atoms with Gasteiger partial charge in [0.25, 0.3) is 10.0 Å². The van der Waals surface area contributed by atoms with E-state index in [1.165, 1.54) is 17.4 Å². The lowest BCUT2D eigenvalue weighted by Crippen LogP contribution is -2.27. The van der Waals surface area contributed by atoms with E-state index < -0.39 is 10.0 Å². The molecular weight excluding hydrogens is 354 g/mol. The van der Waals surface area contributed by atoms with Crippen LogP contribution in [0.4, 0.5) is 5.69 Å². The highest BCUT2D eigenvalue weighted by molar-refractivity contribution is 9.10. The Balaban J connectivity index is 2.54. The third-order valence-electron chi connectivity index (χ3n) is 3.27. The molecule has 0 unspecified atom stereocenters. The minimum Gasteiger partial charge on any atom is -0.392 e. The number of para-hydroxylation sites is 1. The van der Waals surface area contributed by atoms with E-state index in [1.54, 1.807) is 24.3 Å². The van der Waals surface area contributed by atoms with Crippen LogP contribution in [0.25, 0.3) is 0 Å². The predicted octanol–water partition coefficient (Wildman–Crippen LogP) is 3.07. The van der Waals surface area contributed by atoms with Gasteiger partial charge in [-0.2, -0.15) is 0 Å². The molecule has 0 spiro atoms. The Morgan fingerprint density at radius 2 is 1.86 bits per heavy atom. The van der Waals surface area contributed by atoms with Crippen LogP contribution in [0.3, 0.4) is 0 Å². The number of hydrogen-bond acceptors (Lipinski definition) is 3. The van der Waals surface area contributed by atoms with E-state index in [0.717, 1.165) is 5.56 Å². The molecule has 0 saturated carbocycles. The lowest BCUT2D eigenvalue weighted by atomic mass is 10.2. The molecule has 1 N–H and O–H groups in total. The van der Waals surface area contributed by atoms with Gasteiger partial charge in [0.2, 0.25) is 0 Å². The van der Waals surface area contributed by atoms with Crippen LogP contribution in [-0.2, 0) is 16.6 Å². The van der Waals surface area contributed by atoms with Crippen LogP contribution in [0.5, 0.6) is 0 Å². The van der Waals surface area contributed by atoms with Crippen LogP contribution in [0.1, 0.15) is 11.1 Å². The Hall–Kier alpha value is -1.37. The zero-order valence-electron chi connectivity index (χ0n) is 11.7. The summed E-state index contributed by atoms with van der Waals surface area (Å²) in [7, 11) is -2.18. The van der Waals surface area contributed by atoms with E-state index in [4.69, 9.17) is 0 Å². The number of halogens is 1. The molecule has 0 fully saturated rings. The topological polar surface area (TPSA) is 57.6 Å². The van der Waals surface area contributed by atoms with Crippen LogP contribution in [0.2, 0.25) is 0 Å². The van der Waals surface area contributed by atoms with Gasteiger partial charge in [-0.1, -0.05) is 24.3 Å². The van der Waals surface area contributed by atoms with Gasteiger partial charge in [-0.3, -0.25) is 4.31 Å². The first-order valence-electron chi connectivity index (χ1n) is 6.31. The second-order valence-electron chi connectivity index (χ2n) is 4.68. The van der Waals surface area contributed by atoms with Crippen molar-refractivity contribution in [2.75, 3.05) is 11.4 Å². The smallest absolute Gasteiger partial charge is 0.265 e. The van der Waals surface area contributed by atoms with Crippen molar-refractivity contribution >= 4 is 31.6 Å². The monoisotopic (exact) mass is 369 g/mol. The van der Waals surface area contributed by atoms with E-state index in [2.05, 4.69) is 15.9 Å². The van der Waals surface area contributed by atoms with Crippen LogP contribution >= 0.6 is 15.9 Å². The number of hydrogen-bond donors (Lipinski definition) is 1. The van der Waals surface area contributed by atoms with Crippen molar-refractivity contribution in [3.05, 3.63) is 58.1 Å². The average Bonchev–Trinajstić information content (AvgIpc) is 2.47. The molecule has 0 radical (unpaired) electrons.